The van der Waals surface area contributed by atoms with Crippen LogP contribution in [0.15, 0.2) is 23.2 Å². The molecule has 2 aliphatic rings. The Kier molecular flexibility index (Phi) is 9.01. The molecule has 1 aliphatic heterocycles. The topological polar surface area (TPSA) is 85.6 Å². The van der Waals surface area contributed by atoms with E-state index in [0.717, 1.165) is 73.4 Å². The molecule has 0 amide bonds. The molecule has 2 heterocycles. The van der Waals surface area contributed by atoms with Crippen LogP contribution in [0.1, 0.15) is 68.7 Å². The Morgan fingerprint density at radius 3 is 2.78 bits per heavy atom. The molecule has 0 spiro atoms. The minimum Gasteiger partial charge on any atom is -0.493 e. The second-order valence-electron chi connectivity index (χ2n) is 8.25. The number of aromatic nitrogens is 3. The molecule has 1 aliphatic carbocycles. The lowest BCUT2D eigenvalue weighted by Gasteiger charge is -2.25. The molecule has 8 nitrogen and oxygen atoms in total. The molecule has 4 rings (SSSR count). The van der Waals surface area contributed by atoms with Gasteiger partial charge in [-0.2, -0.15) is 5.10 Å². The zero-order chi connectivity index (χ0) is 21.6. The average molecular weight is 554 g/mol. The monoisotopic (exact) mass is 554 g/mol. The molecule has 32 heavy (non-hydrogen) atoms. The highest BCUT2D eigenvalue weighted by atomic mass is 127. The average Bonchev–Trinajstić information content (AvgIpc) is 3.42. The van der Waals surface area contributed by atoms with Crippen molar-refractivity contribution < 1.29 is 9.47 Å². The Bertz CT molecular complexity index is 910. The standard InChI is InChI=1S/C23H34N6O2.HI/c1-4-24-23(27-19-12-8-14-29-22(19)26-16(2)28-29)25-15-17-9-7-13-20(30-3)21(17)31-18-10-5-6-11-18;/h7,9,13,18-19H,4-6,8,10-12,14-15H2,1-3H3,(H2,24,25,27);1H. The van der Waals surface area contributed by atoms with Gasteiger partial charge < -0.3 is 20.1 Å². The van der Waals surface area contributed by atoms with Crippen molar-refractivity contribution in [3.63, 3.8) is 0 Å². The number of methoxy groups -OCH3 is 1. The van der Waals surface area contributed by atoms with Crippen LogP contribution in [0.25, 0.3) is 0 Å². The van der Waals surface area contributed by atoms with Crippen molar-refractivity contribution in [1.29, 1.82) is 0 Å². The van der Waals surface area contributed by atoms with E-state index >= 15 is 0 Å². The number of halogens is 1. The first-order chi connectivity index (χ1) is 15.2. The number of ether oxygens (including phenoxy) is 2. The Balaban J connectivity index is 0.00000289. The predicted molar refractivity (Wildman–Crippen MR) is 136 cm³/mol. The van der Waals surface area contributed by atoms with Gasteiger partial charge in [0.05, 0.1) is 25.8 Å². The first-order valence-electron chi connectivity index (χ1n) is 11.5. The van der Waals surface area contributed by atoms with Crippen LogP contribution in [0.4, 0.5) is 0 Å². The van der Waals surface area contributed by atoms with E-state index in [4.69, 9.17) is 14.5 Å². The van der Waals surface area contributed by atoms with Gasteiger partial charge in [0.2, 0.25) is 0 Å². The zero-order valence-corrected chi connectivity index (χ0v) is 21.6. The van der Waals surface area contributed by atoms with E-state index in [-0.39, 0.29) is 36.1 Å². The van der Waals surface area contributed by atoms with Gasteiger partial charge in [-0.25, -0.2) is 14.7 Å². The number of aliphatic imine (C=N–C) groups is 1. The molecule has 1 fully saturated rings. The van der Waals surface area contributed by atoms with E-state index in [1.807, 2.05) is 23.7 Å². The Morgan fingerprint density at radius 1 is 1.22 bits per heavy atom. The number of fused-ring (bicyclic) bond motifs is 1. The van der Waals surface area contributed by atoms with Gasteiger partial charge in [0.15, 0.2) is 17.5 Å². The minimum atomic E-state index is 0. The SMILES string of the molecule is CCNC(=NCc1cccc(OC)c1OC1CCCC1)NC1CCCn2nc(C)nc21.I. The third-order valence-corrected chi connectivity index (χ3v) is 5.91. The van der Waals surface area contributed by atoms with Crippen molar-refractivity contribution >= 4 is 29.9 Å². The van der Waals surface area contributed by atoms with Crippen molar-refractivity contribution in [3.8, 4) is 11.5 Å². The number of hydrogen-bond donors (Lipinski definition) is 2. The number of para-hydroxylation sites is 1. The molecule has 176 valence electrons. The lowest BCUT2D eigenvalue weighted by atomic mass is 10.1. The van der Waals surface area contributed by atoms with E-state index in [1.54, 1.807) is 7.11 Å². The second kappa shape index (κ2) is 11.7. The van der Waals surface area contributed by atoms with Gasteiger partial charge in [0.25, 0.3) is 0 Å². The third kappa shape index (κ3) is 5.85. The number of nitrogens with zero attached hydrogens (tertiary/aromatic N) is 4. The lowest BCUT2D eigenvalue weighted by molar-refractivity contribution is 0.198. The van der Waals surface area contributed by atoms with Crippen LogP contribution in [-0.2, 0) is 13.1 Å². The van der Waals surface area contributed by atoms with Crippen LogP contribution in [0.5, 0.6) is 11.5 Å². The first kappa shape index (κ1) is 24.6. The predicted octanol–water partition coefficient (Wildman–Crippen LogP) is 4.12. The van der Waals surface area contributed by atoms with Crippen molar-refractivity contribution in [2.45, 2.75) is 77.6 Å². The summed E-state index contributed by atoms with van der Waals surface area (Å²) in [4.78, 5) is 9.50. The van der Waals surface area contributed by atoms with Crippen LogP contribution in [0, 0.1) is 6.92 Å². The highest BCUT2D eigenvalue weighted by molar-refractivity contribution is 14.0. The van der Waals surface area contributed by atoms with Crippen molar-refractivity contribution in [2.75, 3.05) is 13.7 Å². The summed E-state index contributed by atoms with van der Waals surface area (Å²) in [7, 11) is 1.69. The first-order valence-corrected chi connectivity index (χ1v) is 11.5. The summed E-state index contributed by atoms with van der Waals surface area (Å²) in [6, 6.07) is 6.13. The summed E-state index contributed by atoms with van der Waals surface area (Å²) < 4.78 is 14.0. The molecule has 0 saturated heterocycles. The number of benzene rings is 1. The van der Waals surface area contributed by atoms with Gasteiger partial charge >= 0.3 is 0 Å². The maximum atomic E-state index is 6.36. The van der Waals surface area contributed by atoms with Gasteiger partial charge in [0, 0.05) is 18.7 Å². The number of guanidine groups is 1. The Morgan fingerprint density at radius 2 is 2.03 bits per heavy atom. The van der Waals surface area contributed by atoms with Gasteiger partial charge in [-0.05, 0) is 58.4 Å². The van der Waals surface area contributed by atoms with Crippen molar-refractivity contribution in [3.05, 3.63) is 35.4 Å². The summed E-state index contributed by atoms with van der Waals surface area (Å²) in [5, 5.41) is 11.4. The molecule has 0 bridgehead atoms. The largest absolute Gasteiger partial charge is 0.493 e. The molecule has 2 aromatic rings. The molecule has 9 heteroatoms. The fourth-order valence-corrected chi connectivity index (χ4v) is 4.41. The van der Waals surface area contributed by atoms with Gasteiger partial charge in [-0.1, -0.05) is 12.1 Å². The van der Waals surface area contributed by atoms with E-state index in [1.165, 1.54) is 12.8 Å². The molecule has 1 aromatic heterocycles. The van der Waals surface area contributed by atoms with E-state index in [2.05, 4.69) is 33.7 Å². The molecule has 1 unspecified atom stereocenters. The lowest BCUT2D eigenvalue weighted by Crippen LogP contribution is -2.41. The summed E-state index contributed by atoms with van der Waals surface area (Å²) in [5.41, 5.74) is 1.03. The smallest absolute Gasteiger partial charge is 0.192 e. The molecule has 0 radical (unpaired) electrons. The zero-order valence-electron chi connectivity index (χ0n) is 19.3. The highest BCUT2D eigenvalue weighted by Crippen LogP contribution is 2.35. The van der Waals surface area contributed by atoms with E-state index in [0.29, 0.717) is 6.54 Å². The Labute approximate surface area is 207 Å². The number of nitrogens with one attached hydrogen (secondary N) is 2. The summed E-state index contributed by atoms with van der Waals surface area (Å²) in [6.45, 7) is 6.23. The summed E-state index contributed by atoms with van der Waals surface area (Å²) >= 11 is 0. The van der Waals surface area contributed by atoms with Gasteiger partial charge in [-0.15, -0.1) is 24.0 Å². The quantitative estimate of drug-likeness (QED) is 0.304. The molecule has 1 aromatic carbocycles. The summed E-state index contributed by atoms with van der Waals surface area (Å²) in [6.07, 6.45) is 7.02. The third-order valence-electron chi connectivity index (χ3n) is 5.91. The van der Waals surface area contributed by atoms with Gasteiger partial charge in [-0.3, -0.25) is 0 Å². The fourth-order valence-electron chi connectivity index (χ4n) is 4.41. The van der Waals surface area contributed by atoms with Crippen LogP contribution in [0.3, 0.4) is 0 Å². The van der Waals surface area contributed by atoms with Crippen LogP contribution in [0.2, 0.25) is 0 Å². The van der Waals surface area contributed by atoms with Crippen LogP contribution >= 0.6 is 24.0 Å². The number of aryl methyl sites for hydroxylation is 2. The van der Waals surface area contributed by atoms with E-state index in [9.17, 15) is 0 Å². The molecule has 1 atom stereocenters. The maximum absolute atomic E-state index is 6.36. The van der Waals surface area contributed by atoms with Gasteiger partial charge in [0.1, 0.15) is 11.6 Å². The molecular formula is C23H35IN6O2. The van der Waals surface area contributed by atoms with Crippen molar-refractivity contribution in [1.82, 2.24) is 25.4 Å². The number of rotatable bonds is 7. The molecule has 1 saturated carbocycles. The van der Waals surface area contributed by atoms with Crippen LogP contribution < -0.4 is 20.1 Å². The maximum Gasteiger partial charge on any atom is 0.192 e. The van der Waals surface area contributed by atoms with Crippen LogP contribution in [-0.4, -0.2) is 40.5 Å². The highest BCUT2D eigenvalue weighted by Gasteiger charge is 2.25. The normalized spacial score (nSPS) is 18.6. The molecule has 2 N–H and O–H groups in total. The molecular weight excluding hydrogens is 519 g/mol. The van der Waals surface area contributed by atoms with Crippen molar-refractivity contribution in [2.24, 2.45) is 4.99 Å². The number of hydrogen-bond acceptors (Lipinski definition) is 5. The van der Waals surface area contributed by atoms with E-state index < -0.39 is 0 Å². The summed E-state index contributed by atoms with van der Waals surface area (Å²) in [5.74, 6) is 4.17. The fraction of sp³-hybridized carbons (Fsp3) is 0.609. The minimum absolute atomic E-state index is 0. The Hall–Kier alpha value is -2.04. The second-order valence-corrected chi connectivity index (χ2v) is 8.25.